The Morgan fingerprint density at radius 2 is 2.00 bits per heavy atom. The number of amides is 1. The molecule has 0 spiro atoms. The van der Waals surface area contributed by atoms with Gasteiger partial charge in [0.25, 0.3) is 5.91 Å². The van der Waals surface area contributed by atoms with Gasteiger partial charge in [0, 0.05) is 28.9 Å². The first-order chi connectivity index (χ1) is 15.9. The van der Waals surface area contributed by atoms with Crippen molar-refractivity contribution in [3.63, 3.8) is 0 Å². The second-order valence-electron chi connectivity index (χ2n) is 7.43. The van der Waals surface area contributed by atoms with Gasteiger partial charge in [-0.2, -0.15) is 5.10 Å². The van der Waals surface area contributed by atoms with E-state index in [1.165, 1.54) is 0 Å². The van der Waals surface area contributed by atoms with Gasteiger partial charge in [-0.05, 0) is 50.2 Å². The predicted octanol–water partition coefficient (Wildman–Crippen LogP) is 3.83. The minimum Gasteiger partial charge on any atom is -0.495 e. The number of hydrogen-bond donors (Lipinski definition) is 2. The van der Waals surface area contributed by atoms with Crippen LogP contribution in [0.1, 0.15) is 27.3 Å². The van der Waals surface area contributed by atoms with Crippen LogP contribution in [0.4, 0.5) is 5.69 Å². The summed E-state index contributed by atoms with van der Waals surface area (Å²) < 4.78 is 17.9. The number of benzene rings is 2. The summed E-state index contributed by atoms with van der Waals surface area (Å²) in [6.07, 6.45) is 0. The number of guanidine groups is 1. The summed E-state index contributed by atoms with van der Waals surface area (Å²) in [6, 6.07) is 10.1. The third-order valence-corrected chi connectivity index (χ3v) is 5.57. The summed E-state index contributed by atoms with van der Waals surface area (Å²) in [4.78, 5) is 17.6. The lowest BCUT2D eigenvalue weighted by molar-refractivity contribution is 0.0976. The van der Waals surface area contributed by atoms with Crippen LogP contribution < -0.4 is 24.8 Å². The molecule has 4 rings (SSSR count). The van der Waals surface area contributed by atoms with Crippen LogP contribution in [0.15, 0.2) is 41.4 Å². The predicted molar refractivity (Wildman–Crippen MR) is 125 cm³/mol. The maximum Gasteiger partial charge on any atom is 0.258 e. The van der Waals surface area contributed by atoms with Crippen LogP contribution in [0.3, 0.4) is 0 Å². The van der Waals surface area contributed by atoms with Crippen molar-refractivity contribution < 1.29 is 19.0 Å². The molecule has 1 aliphatic rings. The third-order valence-electron chi connectivity index (χ3n) is 5.34. The smallest absolute Gasteiger partial charge is 0.258 e. The zero-order valence-electron chi connectivity index (χ0n) is 18.7. The lowest BCUT2D eigenvalue weighted by Gasteiger charge is -2.15. The topological polar surface area (TPSA) is 99.0 Å². The third kappa shape index (κ3) is 4.88. The molecule has 1 amide bonds. The number of nitrogens with zero attached hydrogens (tertiary/aromatic N) is 3. The summed E-state index contributed by atoms with van der Waals surface area (Å²) in [5, 5.41) is 10.9. The molecule has 0 bridgehead atoms. The number of anilines is 1. The molecule has 172 valence electrons. The van der Waals surface area contributed by atoms with Crippen molar-refractivity contribution in [3.05, 3.63) is 63.9 Å². The molecule has 0 atom stereocenters. The quantitative estimate of drug-likeness (QED) is 0.435. The van der Waals surface area contributed by atoms with Gasteiger partial charge >= 0.3 is 0 Å². The van der Waals surface area contributed by atoms with E-state index in [9.17, 15) is 4.79 Å². The Bertz CT molecular complexity index is 1240. The molecule has 9 nitrogen and oxygen atoms in total. The maximum atomic E-state index is 13.0. The normalized spacial score (nSPS) is 12.6. The molecule has 2 heterocycles. The number of aromatic nitrogens is 2. The Kier molecular flexibility index (Phi) is 6.41. The Morgan fingerprint density at radius 3 is 2.73 bits per heavy atom. The van der Waals surface area contributed by atoms with E-state index in [1.54, 1.807) is 48.2 Å². The highest BCUT2D eigenvalue weighted by atomic mass is 35.5. The fourth-order valence-electron chi connectivity index (χ4n) is 3.44. The van der Waals surface area contributed by atoms with Crippen molar-refractivity contribution in [2.75, 3.05) is 19.2 Å². The largest absolute Gasteiger partial charge is 0.495 e. The van der Waals surface area contributed by atoms with Gasteiger partial charge in [-0.3, -0.25) is 14.8 Å². The van der Waals surface area contributed by atoms with Crippen LogP contribution in [-0.2, 0) is 13.6 Å². The van der Waals surface area contributed by atoms with Crippen LogP contribution in [0.25, 0.3) is 0 Å². The number of halogens is 1. The molecule has 3 aromatic rings. The van der Waals surface area contributed by atoms with Gasteiger partial charge in [0.1, 0.15) is 5.75 Å². The minimum atomic E-state index is -0.361. The number of carbonyl (C=O) groups excluding carboxylic acids is 1. The number of aryl methyl sites for hydroxylation is 2. The molecule has 0 saturated carbocycles. The number of fused-ring (bicyclic) bond motifs is 1. The molecule has 0 unspecified atom stereocenters. The van der Waals surface area contributed by atoms with Crippen molar-refractivity contribution in [2.45, 2.75) is 20.4 Å². The highest BCUT2D eigenvalue weighted by Gasteiger charge is 2.18. The fourth-order valence-corrected chi connectivity index (χ4v) is 3.61. The molecule has 2 aromatic carbocycles. The zero-order chi connectivity index (χ0) is 23.5. The number of rotatable bonds is 5. The SMILES string of the molecule is COc1ccc(Cl)cc1NC(=NCc1c(C)nn(C)c1C)NC(=O)c1ccc2c(c1)OCO2. The van der Waals surface area contributed by atoms with E-state index in [4.69, 9.17) is 25.8 Å². The van der Waals surface area contributed by atoms with E-state index in [0.717, 1.165) is 17.0 Å². The molecular weight excluding hydrogens is 446 g/mol. The van der Waals surface area contributed by atoms with Gasteiger partial charge in [0.2, 0.25) is 12.8 Å². The summed E-state index contributed by atoms with van der Waals surface area (Å²) in [5.74, 6) is 1.55. The summed E-state index contributed by atoms with van der Waals surface area (Å²) in [7, 11) is 3.44. The van der Waals surface area contributed by atoms with Crippen LogP contribution in [-0.4, -0.2) is 35.5 Å². The van der Waals surface area contributed by atoms with Gasteiger partial charge in [-0.25, -0.2) is 4.99 Å². The Hall–Kier alpha value is -3.72. The van der Waals surface area contributed by atoms with Gasteiger partial charge in [0.15, 0.2) is 11.5 Å². The molecule has 10 heteroatoms. The van der Waals surface area contributed by atoms with E-state index in [2.05, 4.69) is 20.7 Å². The molecule has 0 radical (unpaired) electrons. The molecule has 1 aliphatic heterocycles. The zero-order valence-corrected chi connectivity index (χ0v) is 19.5. The second kappa shape index (κ2) is 9.41. The summed E-state index contributed by atoms with van der Waals surface area (Å²) in [5.41, 5.74) is 3.82. The first-order valence-electron chi connectivity index (χ1n) is 10.2. The summed E-state index contributed by atoms with van der Waals surface area (Å²) >= 11 is 6.17. The number of hydrogen-bond acceptors (Lipinski definition) is 6. The van der Waals surface area contributed by atoms with E-state index < -0.39 is 0 Å². The van der Waals surface area contributed by atoms with Crippen LogP contribution in [0.2, 0.25) is 5.02 Å². The fraction of sp³-hybridized carbons (Fsp3) is 0.261. The van der Waals surface area contributed by atoms with Crippen molar-refractivity contribution in [2.24, 2.45) is 12.0 Å². The number of ether oxygens (including phenoxy) is 3. The van der Waals surface area contributed by atoms with E-state index in [1.807, 2.05) is 20.9 Å². The molecule has 0 fully saturated rings. The molecule has 0 saturated heterocycles. The Morgan fingerprint density at radius 1 is 1.21 bits per heavy atom. The molecule has 1 aromatic heterocycles. The average molecular weight is 470 g/mol. The monoisotopic (exact) mass is 469 g/mol. The van der Waals surface area contributed by atoms with Gasteiger partial charge < -0.3 is 19.5 Å². The van der Waals surface area contributed by atoms with E-state index in [0.29, 0.717) is 40.1 Å². The first-order valence-corrected chi connectivity index (χ1v) is 10.6. The molecule has 33 heavy (non-hydrogen) atoms. The maximum absolute atomic E-state index is 13.0. The highest BCUT2D eigenvalue weighted by molar-refractivity contribution is 6.31. The van der Waals surface area contributed by atoms with Crippen molar-refractivity contribution in [3.8, 4) is 17.2 Å². The van der Waals surface area contributed by atoms with Gasteiger partial charge in [-0.15, -0.1) is 0 Å². The number of aliphatic imine (C=N–C) groups is 1. The molecule has 2 N–H and O–H groups in total. The van der Waals surface area contributed by atoms with Gasteiger partial charge in [-0.1, -0.05) is 11.6 Å². The number of nitrogens with one attached hydrogen (secondary N) is 2. The van der Waals surface area contributed by atoms with Gasteiger partial charge in [0.05, 0.1) is 25.0 Å². The standard InChI is InChI=1S/C23H24ClN5O4/c1-13-17(14(2)29(3)28-13)11-25-23(26-18-10-16(24)6-8-19(18)31-4)27-22(30)15-5-7-20-21(9-15)33-12-32-20/h5-10H,11-12H2,1-4H3,(H2,25,26,27,30). The molecule has 0 aliphatic carbocycles. The lowest BCUT2D eigenvalue weighted by Crippen LogP contribution is -2.36. The van der Waals surface area contributed by atoms with Crippen LogP contribution in [0.5, 0.6) is 17.2 Å². The van der Waals surface area contributed by atoms with E-state index in [-0.39, 0.29) is 18.7 Å². The second-order valence-corrected chi connectivity index (χ2v) is 7.87. The molecular formula is C23H24ClN5O4. The summed E-state index contributed by atoms with van der Waals surface area (Å²) in [6.45, 7) is 4.35. The van der Waals surface area contributed by atoms with E-state index >= 15 is 0 Å². The average Bonchev–Trinajstić information content (AvgIpc) is 3.35. The minimum absolute atomic E-state index is 0.132. The highest BCUT2D eigenvalue weighted by Crippen LogP contribution is 2.32. The van der Waals surface area contributed by atoms with Crippen LogP contribution in [0, 0.1) is 13.8 Å². The Labute approximate surface area is 196 Å². The Balaban J connectivity index is 1.63. The number of methoxy groups -OCH3 is 1. The van der Waals surface area contributed by atoms with Crippen LogP contribution >= 0.6 is 11.6 Å². The van der Waals surface area contributed by atoms with Crippen molar-refractivity contribution in [1.29, 1.82) is 0 Å². The first kappa shape index (κ1) is 22.5. The van der Waals surface area contributed by atoms with Crippen molar-refractivity contribution in [1.82, 2.24) is 15.1 Å². The lowest BCUT2D eigenvalue weighted by atomic mass is 10.2. The van der Waals surface area contributed by atoms with Crippen molar-refractivity contribution >= 4 is 29.2 Å². The number of carbonyl (C=O) groups is 1.